The fraction of sp³-hybridized carbons (Fsp3) is 0.286. The topological polar surface area (TPSA) is 94.2 Å². The number of carbonyl (C=O) groups is 3. The van der Waals surface area contributed by atoms with Gasteiger partial charge >= 0.3 is 12.1 Å². The summed E-state index contributed by atoms with van der Waals surface area (Å²) in [5.41, 5.74) is 1.63. The van der Waals surface area contributed by atoms with Gasteiger partial charge in [0.05, 0.1) is 6.61 Å². The summed E-state index contributed by atoms with van der Waals surface area (Å²) in [5, 5.41) is 3.09. The molecule has 29 heavy (non-hydrogen) atoms. The maximum atomic E-state index is 12.6. The Morgan fingerprint density at radius 1 is 1.03 bits per heavy atom. The van der Waals surface area contributed by atoms with Gasteiger partial charge in [-0.2, -0.15) is 0 Å². The number of amides is 2. The molecule has 2 amide bonds. The van der Waals surface area contributed by atoms with Gasteiger partial charge in [0.25, 0.3) is 5.91 Å². The lowest BCUT2D eigenvalue weighted by atomic mass is 10.1. The van der Waals surface area contributed by atoms with E-state index < -0.39 is 24.0 Å². The van der Waals surface area contributed by atoms with E-state index in [9.17, 15) is 14.4 Å². The highest BCUT2D eigenvalue weighted by Gasteiger charge is 2.30. The summed E-state index contributed by atoms with van der Waals surface area (Å²) in [5.74, 6) is -1.27. The van der Waals surface area contributed by atoms with Crippen molar-refractivity contribution >= 4 is 18.0 Å². The zero-order chi connectivity index (χ0) is 20.5. The second kappa shape index (κ2) is 10.2. The molecule has 152 valence electrons. The van der Waals surface area contributed by atoms with Crippen molar-refractivity contribution in [2.75, 3.05) is 6.61 Å². The summed E-state index contributed by atoms with van der Waals surface area (Å²) in [7, 11) is 0. The minimum absolute atomic E-state index is 0.0630. The van der Waals surface area contributed by atoms with Gasteiger partial charge in [-0.3, -0.25) is 4.79 Å². The Balaban J connectivity index is 1.62. The largest absolute Gasteiger partial charge is 0.445 e. The van der Waals surface area contributed by atoms with Crippen LogP contribution in [0.3, 0.4) is 0 Å². The van der Waals surface area contributed by atoms with Crippen molar-refractivity contribution in [3.63, 3.8) is 0 Å². The van der Waals surface area contributed by atoms with Crippen LogP contribution in [0.4, 0.5) is 4.79 Å². The van der Waals surface area contributed by atoms with Gasteiger partial charge in [-0.25, -0.2) is 14.4 Å². The van der Waals surface area contributed by atoms with E-state index in [1.54, 1.807) is 0 Å². The van der Waals surface area contributed by atoms with E-state index in [0.717, 1.165) is 11.1 Å². The molecule has 0 aromatic heterocycles. The molecule has 1 N–H and O–H groups in total. The SMILES string of the molecule is O=C(N[C@@H](Cc1ccccc1)C(=O)ON1OCCCC1=O)OCc1ccccc1. The van der Waals surface area contributed by atoms with Crippen molar-refractivity contribution < 1.29 is 28.8 Å². The fourth-order valence-electron chi connectivity index (χ4n) is 2.71. The van der Waals surface area contributed by atoms with Gasteiger partial charge in [0.2, 0.25) is 0 Å². The zero-order valence-corrected chi connectivity index (χ0v) is 15.8. The number of nitrogens with zero attached hydrogens (tertiary/aromatic N) is 1. The van der Waals surface area contributed by atoms with Crippen molar-refractivity contribution in [3.8, 4) is 0 Å². The van der Waals surface area contributed by atoms with Gasteiger partial charge in [0, 0.05) is 12.8 Å². The smallest absolute Gasteiger partial charge is 0.408 e. The Hall–Kier alpha value is -3.39. The number of alkyl carbamates (subject to hydrolysis) is 1. The van der Waals surface area contributed by atoms with E-state index >= 15 is 0 Å². The predicted molar refractivity (Wildman–Crippen MR) is 102 cm³/mol. The number of hydrogen-bond donors (Lipinski definition) is 1. The lowest BCUT2D eigenvalue weighted by Crippen LogP contribution is -2.47. The molecule has 1 aliphatic heterocycles. The molecule has 1 saturated heterocycles. The molecule has 8 nitrogen and oxygen atoms in total. The van der Waals surface area contributed by atoms with Crippen molar-refractivity contribution in [2.45, 2.75) is 31.9 Å². The van der Waals surface area contributed by atoms with Gasteiger partial charge in [-0.1, -0.05) is 60.7 Å². The summed E-state index contributed by atoms with van der Waals surface area (Å²) in [6.45, 7) is 0.336. The summed E-state index contributed by atoms with van der Waals surface area (Å²) >= 11 is 0. The van der Waals surface area contributed by atoms with Crippen molar-refractivity contribution in [1.82, 2.24) is 10.5 Å². The highest BCUT2D eigenvalue weighted by Crippen LogP contribution is 2.11. The lowest BCUT2D eigenvalue weighted by molar-refractivity contribution is -0.332. The predicted octanol–water partition coefficient (Wildman–Crippen LogP) is 2.54. The summed E-state index contributed by atoms with van der Waals surface area (Å²) in [6.07, 6.45) is 0.188. The first kappa shape index (κ1) is 20.3. The highest BCUT2D eigenvalue weighted by atomic mass is 17.0. The van der Waals surface area contributed by atoms with Crippen molar-refractivity contribution in [1.29, 1.82) is 0 Å². The number of hydrogen-bond acceptors (Lipinski definition) is 6. The standard InChI is InChI=1S/C21H22N2O6/c24-19-12-7-13-28-23(19)29-20(25)18(14-16-8-3-1-4-9-16)22-21(26)27-15-17-10-5-2-6-11-17/h1-6,8-11,18H,7,12-15H2,(H,22,26)/t18-/m0/s1. The van der Waals surface area contributed by atoms with Crippen LogP contribution in [0, 0.1) is 0 Å². The molecule has 2 aromatic rings. The van der Waals surface area contributed by atoms with E-state index in [2.05, 4.69) is 5.32 Å². The number of ether oxygens (including phenoxy) is 1. The number of rotatable bonds is 7. The minimum Gasteiger partial charge on any atom is -0.445 e. The van der Waals surface area contributed by atoms with Crippen LogP contribution in [-0.4, -0.2) is 35.8 Å². The molecule has 0 bridgehead atoms. The third-order valence-electron chi connectivity index (χ3n) is 4.19. The fourth-order valence-corrected chi connectivity index (χ4v) is 2.71. The molecule has 0 aliphatic carbocycles. The molecular weight excluding hydrogens is 376 g/mol. The highest BCUT2D eigenvalue weighted by molar-refractivity contribution is 5.83. The molecule has 8 heteroatoms. The first-order valence-electron chi connectivity index (χ1n) is 9.30. The Labute approximate surface area is 168 Å². The van der Waals surface area contributed by atoms with Gasteiger partial charge in [0.15, 0.2) is 0 Å². The molecule has 1 aliphatic rings. The van der Waals surface area contributed by atoms with Crippen LogP contribution < -0.4 is 5.32 Å². The Morgan fingerprint density at radius 3 is 2.34 bits per heavy atom. The molecule has 2 aromatic carbocycles. The lowest BCUT2D eigenvalue weighted by Gasteiger charge is -2.25. The van der Waals surface area contributed by atoms with Crippen LogP contribution in [0.2, 0.25) is 0 Å². The Kier molecular flexibility index (Phi) is 7.18. The van der Waals surface area contributed by atoms with Crippen molar-refractivity contribution in [2.24, 2.45) is 0 Å². The van der Waals surface area contributed by atoms with Gasteiger partial charge in [-0.15, -0.1) is 0 Å². The monoisotopic (exact) mass is 398 g/mol. The summed E-state index contributed by atoms with van der Waals surface area (Å²) < 4.78 is 5.19. The van der Waals surface area contributed by atoms with Gasteiger partial charge < -0.3 is 14.9 Å². The maximum absolute atomic E-state index is 12.6. The molecule has 0 saturated carbocycles. The number of hydroxylamine groups is 2. The first-order chi connectivity index (χ1) is 14.1. The van der Waals surface area contributed by atoms with Crippen LogP contribution >= 0.6 is 0 Å². The second-order valence-electron chi connectivity index (χ2n) is 6.45. The molecule has 1 heterocycles. The number of nitrogens with one attached hydrogen (secondary N) is 1. The van der Waals surface area contributed by atoms with Crippen LogP contribution in [-0.2, 0) is 37.0 Å². The molecule has 0 spiro atoms. The van der Waals surface area contributed by atoms with E-state index in [1.165, 1.54) is 0 Å². The molecule has 1 atom stereocenters. The quantitative estimate of drug-likeness (QED) is 0.770. The molecule has 0 radical (unpaired) electrons. The Bertz CT molecular complexity index is 828. The average molecular weight is 398 g/mol. The third-order valence-corrected chi connectivity index (χ3v) is 4.19. The van der Waals surface area contributed by atoms with E-state index in [4.69, 9.17) is 14.4 Å². The first-order valence-corrected chi connectivity index (χ1v) is 9.30. The van der Waals surface area contributed by atoms with Crippen LogP contribution in [0.5, 0.6) is 0 Å². The van der Waals surface area contributed by atoms with E-state index in [0.29, 0.717) is 11.6 Å². The van der Waals surface area contributed by atoms with E-state index in [1.807, 2.05) is 60.7 Å². The van der Waals surface area contributed by atoms with Crippen molar-refractivity contribution in [3.05, 3.63) is 71.8 Å². The zero-order valence-electron chi connectivity index (χ0n) is 15.8. The van der Waals surface area contributed by atoms with Gasteiger partial charge in [-0.05, 0) is 22.8 Å². The van der Waals surface area contributed by atoms with Crippen LogP contribution in [0.1, 0.15) is 24.0 Å². The van der Waals surface area contributed by atoms with Crippen LogP contribution in [0.25, 0.3) is 0 Å². The molecule has 0 unspecified atom stereocenters. The normalized spacial score (nSPS) is 14.8. The third kappa shape index (κ3) is 6.32. The molecule has 3 rings (SSSR count). The summed E-state index contributed by atoms with van der Waals surface area (Å²) in [6, 6.07) is 17.2. The number of benzene rings is 2. The average Bonchev–Trinajstić information content (AvgIpc) is 2.75. The number of carbonyl (C=O) groups excluding carboxylic acids is 3. The summed E-state index contributed by atoms with van der Waals surface area (Å²) in [4.78, 5) is 46.8. The van der Waals surface area contributed by atoms with Gasteiger partial charge in [0.1, 0.15) is 12.6 Å². The molecule has 1 fully saturated rings. The van der Waals surface area contributed by atoms with E-state index in [-0.39, 0.29) is 26.1 Å². The maximum Gasteiger partial charge on any atom is 0.408 e. The van der Waals surface area contributed by atoms with Crippen LogP contribution in [0.15, 0.2) is 60.7 Å². The second-order valence-corrected chi connectivity index (χ2v) is 6.45. The minimum atomic E-state index is -1.06. The molecular formula is C21H22N2O6. The Morgan fingerprint density at radius 2 is 1.69 bits per heavy atom.